The Morgan fingerprint density at radius 3 is 2.54 bits per heavy atom. The average Bonchev–Trinajstić information content (AvgIpc) is 2.88. The number of likely N-dealkylation sites (N-methyl/N-ethyl adjacent to an activating group) is 1. The molecule has 0 unspecified atom stereocenters. The Bertz CT molecular complexity index is 741. The van der Waals surface area contributed by atoms with Crippen LogP contribution in [0.3, 0.4) is 0 Å². The number of ether oxygens (including phenoxy) is 1. The lowest BCUT2D eigenvalue weighted by molar-refractivity contribution is -0.134. The van der Waals surface area contributed by atoms with E-state index in [2.05, 4.69) is 5.32 Å². The first kappa shape index (κ1) is 19.9. The molecule has 0 atom stereocenters. The van der Waals surface area contributed by atoms with Crippen LogP contribution in [-0.2, 0) is 9.53 Å². The molecule has 0 spiro atoms. The van der Waals surface area contributed by atoms with Crippen molar-refractivity contribution in [2.45, 2.75) is 6.42 Å². The Morgan fingerprint density at radius 1 is 1.07 bits per heavy atom. The van der Waals surface area contributed by atoms with Crippen molar-refractivity contribution in [2.75, 3.05) is 70.2 Å². The second-order valence-corrected chi connectivity index (χ2v) is 6.99. The van der Waals surface area contributed by atoms with Crippen molar-refractivity contribution in [1.29, 1.82) is 0 Å². The van der Waals surface area contributed by atoms with Gasteiger partial charge in [0.05, 0.1) is 0 Å². The topological polar surface area (TPSA) is 85.4 Å². The summed E-state index contributed by atoms with van der Waals surface area (Å²) < 4.78 is 4.90. The highest BCUT2D eigenvalue weighted by Crippen LogP contribution is 2.23. The molecule has 3 rings (SSSR count). The van der Waals surface area contributed by atoms with E-state index in [-0.39, 0.29) is 24.6 Å². The number of nitrogens with one attached hydrogen (secondary N) is 1. The molecule has 1 N–H and O–H groups in total. The van der Waals surface area contributed by atoms with Crippen LogP contribution in [0.4, 0.5) is 21.0 Å². The average molecular weight is 389 g/mol. The van der Waals surface area contributed by atoms with Gasteiger partial charge in [-0.2, -0.15) is 0 Å². The van der Waals surface area contributed by atoms with Crippen LogP contribution >= 0.6 is 0 Å². The van der Waals surface area contributed by atoms with Crippen LogP contribution < -0.4 is 10.2 Å². The Hall–Kier alpha value is -2.81. The van der Waals surface area contributed by atoms with Gasteiger partial charge in [0.2, 0.25) is 5.91 Å². The molecular formula is C19H27N5O4. The Kier molecular flexibility index (Phi) is 6.35. The molecule has 0 bridgehead atoms. The van der Waals surface area contributed by atoms with Gasteiger partial charge >= 0.3 is 12.1 Å². The summed E-state index contributed by atoms with van der Waals surface area (Å²) in [6, 6.07) is 7.04. The zero-order valence-corrected chi connectivity index (χ0v) is 16.4. The third-order valence-electron chi connectivity index (χ3n) is 5.03. The summed E-state index contributed by atoms with van der Waals surface area (Å²) in [4.78, 5) is 43.6. The molecule has 5 amide bonds. The first-order valence-corrected chi connectivity index (χ1v) is 9.45. The van der Waals surface area contributed by atoms with E-state index in [4.69, 9.17) is 4.74 Å². The SMILES string of the molecule is COCC(=O)N1CCCN(C(=O)Nc2cccc(N3CCN(C)C3=O)c2)CC1. The summed E-state index contributed by atoms with van der Waals surface area (Å²) in [5, 5.41) is 2.91. The normalized spacial score (nSPS) is 17.7. The lowest BCUT2D eigenvalue weighted by Crippen LogP contribution is -2.40. The van der Waals surface area contributed by atoms with Crippen LogP contribution in [0, 0.1) is 0 Å². The van der Waals surface area contributed by atoms with E-state index < -0.39 is 0 Å². The smallest absolute Gasteiger partial charge is 0.324 e. The van der Waals surface area contributed by atoms with Gasteiger partial charge in [0.15, 0.2) is 0 Å². The minimum absolute atomic E-state index is 0.0446. The monoisotopic (exact) mass is 389 g/mol. The molecule has 0 aromatic heterocycles. The summed E-state index contributed by atoms with van der Waals surface area (Å²) in [6.45, 7) is 3.53. The number of carbonyl (C=O) groups is 3. The van der Waals surface area contributed by atoms with Gasteiger partial charge in [0, 0.05) is 64.8 Å². The van der Waals surface area contributed by atoms with E-state index in [1.807, 2.05) is 12.1 Å². The molecule has 9 nitrogen and oxygen atoms in total. The minimum atomic E-state index is -0.206. The van der Waals surface area contributed by atoms with Gasteiger partial charge in [-0.3, -0.25) is 9.69 Å². The molecular weight excluding hydrogens is 362 g/mol. The molecule has 2 aliphatic heterocycles. The fourth-order valence-electron chi connectivity index (χ4n) is 3.43. The van der Waals surface area contributed by atoms with E-state index in [9.17, 15) is 14.4 Å². The zero-order valence-electron chi connectivity index (χ0n) is 16.4. The fraction of sp³-hybridized carbons (Fsp3) is 0.526. The van der Waals surface area contributed by atoms with Crippen molar-refractivity contribution in [2.24, 2.45) is 0 Å². The second-order valence-electron chi connectivity index (χ2n) is 6.99. The van der Waals surface area contributed by atoms with Gasteiger partial charge in [-0.25, -0.2) is 9.59 Å². The molecule has 2 heterocycles. The molecule has 0 saturated carbocycles. The third-order valence-corrected chi connectivity index (χ3v) is 5.03. The van der Waals surface area contributed by atoms with Gasteiger partial charge in [-0.05, 0) is 24.6 Å². The Labute approximate surface area is 164 Å². The van der Waals surface area contributed by atoms with E-state index >= 15 is 0 Å². The van der Waals surface area contributed by atoms with Crippen molar-refractivity contribution in [3.05, 3.63) is 24.3 Å². The lowest BCUT2D eigenvalue weighted by Gasteiger charge is -2.23. The van der Waals surface area contributed by atoms with Crippen LogP contribution in [0.15, 0.2) is 24.3 Å². The number of hydrogen-bond acceptors (Lipinski definition) is 4. The number of urea groups is 2. The van der Waals surface area contributed by atoms with Gasteiger partial charge in [-0.15, -0.1) is 0 Å². The number of nitrogens with zero attached hydrogens (tertiary/aromatic N) is 4. The third kappa shape index (κ3) is 4.53. The predicted octanol–water partition coefficient (Wildman–Crippen LogP) is 1.27. The molecule has 2 fully saturated rings. The summed E-state index contributed by atoms with van der Waals surface area (Å²) in [5.41, 5.74) is 1.40. The maximum atomic E-state index is 12.7. The Morgan fingerprint density at radius 2 is 1.82 bits per heavy atom. The number of hydrogen-bond donors (Lipinski definition) is 1. The van der Waals surface area contributed by atoms with Crippen LogP contribution in [0.5, 0.6) is 0 Å². The highest BCUT2D eigenvalue weighted by Gasteiger charge is 2.27. The van der Waals surface area contributed by atoms with E-state index in [0.717, 1.165) is 12.1 Å². The maximum absolute atomic E-state index is 12.7. The first-order chi connectivity index (χ1) is 13.5. The molecule has 28 heavy (non-hydrogen) atoms. The highest BCUT2D eigenvalue weighted by molar-refractivity contribution is 5.95. The van der Waals surface area contributed by atoms with Gasteiger partial charge in [0.25, 0.3) is 0 Å². The maximum Gasteiger partial charge on any atom is 0.324 e. The predicted molar refractivity (Wildman–Crippen MR) is 105 cm³/mol. The van der Waals surface area contributed by atoms with Gasteiger partial charge in [0.1, 0.15) is 6.61 Å². The van der Waals surface area contributed by atoms with E-state index in [0.29, 0.717) is 45.0 Å². The molecule has 1 aromatic carbocycles. The number of benzene rings is 1. The number of anilines is 2. The summed E-state index contributed by atoms with van der Waals surface area (Å²) in [6.07, 6.45) is 0.720. The van der Waals surface area contributed by atoms with Crippen molar-refractivity contribution in [1.82, 2.24) is 14.7 Å². The zero-order chi connectivity index (χ0) is 20.1. The van der Waals surface area contributed by atoms with Crippen LogP contribution in [0.1, 0.15) is 6.42 Å². The minimum Gasteiger partial charge on any atom is -0.375 e. The highest BCUT2D eigenvalue weighted by atomic mass is 16.5. The molecule has 1 aromatic rings. The second kappa shape index (κ2) is 8.92. The summed E-state index contributed by atoms with van der Waals surface area (Å²) in [7, 11) is 3.27. The molecule has 9 heteroatoms. The quantitative estimate of drug-likeness (QED) is 0.840. The van der Waals surface area contributed by atoms with E-state index in [1.54, 1.807) is 38.8 Å². The number of rotatable bonds is 4. The molecule has 2 aliphatic rings. The largest absolute Gasteiger partial charge is 0.375 e. The number of amides is 5. The van der Waals surface area contributed by atoms with Gasteiger partial charge < -0.3 is 24.8 Å². The molecule has 0 aliphatic carbocycles. The van der Waals surface area contributed by atoms with Crippen LogP contribution in [0.2, 0.25) is 0 Å². The summed E-state index contributed by atoms with van der Waals surface area (Å²) >= 11 is 0. The van der Waals surface area contributed by atoms with Crippen molar-refractivity contribution in [3.8, 4) is 0 Å². The molecule has 0 radical (unpaired) electrons. The van der Waals surface area contributed by atoms with Crippen molar-refractivity contribution < 1.29 is 19.1 Å². The molecule has 152 valence electrons. The number of methoxy groups -OCH3 is 1. The lowest BCUT2D eigenvalue weighted by atomic mass is 10.2. The van der Waals surface area contributed by atoms with Crippen molar-refractivity contribution >= 4 is 29.3 Å². The fourth-order valence-corrected chi connectivity index (χ4v) is 3.43. The first-order valence-electron chi connectivity index (χ1n) is 9.45. The van der Waals surface area contributed by atoms with E-state index in [1.165, 1.54) is 7.11 Å². The molecule has 2 saturated heterocycles. The van der Waals surface area contributed by atoms with Crippen LogP contribution in [0.25, 0.3) is 0 Å². The Balaban J connectivity index is 1.60. The van der Waals surface area contributed by atoms with Crippen molar-refractivity contribution in [3.63, 3.8) is 0 Å². The standard InChI is InChI=1S/C19H27N5O4/c1-21-9-12-24(19(21)27)16-6-3-5-15(13-16)20-18(26)23-8-4-7-22(10-11-23)17(25)14-28-2/h3,5-6,13H,4,7-12,14H2,1-2H3,(H,20,26). The number of carbonyl (C=O) groups excluding carboxylic acids is 3. The van der Waals surface area contributed by atoms with Crippen LogP contribution in [-0.4, -0.2) is 92.7 Å². The van der Waals surface area contributed by atoms with Gasteiger partial charge in [-0.1, -0.05) is 6.07 Å². The summed E-state index contributed by atoms with van der Waals surface area (Å²) in [5.74, 6) is -0.0577.